The van der Waals surface area contributed by atoms with Gasteiger partial charge < -0.3 is 10.6 Å². The van der Waals surface area contributed by atoms with Crippen LogP contribution in [0.4, 0.5) is 5.69 Å². The molecule has 4 aliphatic rings. The van der Waals surface area contributed by atoms with Crippen LogP contribution in [-0.4, -0.2) is 17.9 Å². The Morgan fingerprint density at radius 1 is 1.00 bits per heavy atom. The zero-order chi connectivity index (χ0) is 20.0. The topological polar surface area (TPSA) is 58.2 Å². The van der Waals surface area contributed by atoms with Crippen molar-refractivity contribution in [2.75, 3.05) is 5.32 Å². The quantitative estimate of drug-likeness (QED) is 0.702. The van der Waals surface area contributed by atoms with Gasteiger partial charge in [0.25, 0.3) is 11.8 Å². The molecule has 2 N–H and O–H groups in total. The molecule has 4 nitrogen and oxygen atoms in total. The van der Waals surface area contributed by atoms with E-state index in [4.69, 9.17) is 0 Å². The summed E-state index contributed by atoms with van der Waals surface area (Å²) in [4.78, 5) is 25.9. The highest BCUT2D eigenvalue weighted by Gasteiger charge is 2.53. The molecule has 4 saturated carbocycles. The first kappa shape index (κ1) is 18.9. The lowest BCUT2D eigenvalue weighted by Gasteiger charge is -2.59. The molecule has 1 heterocycles. The molecule has 1 aromatic carbocycles. The Bertz CT molecular complexity index is 885. The number of hydrogen-bond donors (Lipinski definition) is 2. The number of thiophene rings is 1. The second kappa shape index (κ2) is 7.28. The minimum absolute atomic E-state index is 0.0412. The Morgan fingerprint density at radius 3 is 2.31 bits per heavy atom. The van der Waals surface area contributed by atoms with Crippen molar-refractivity contribution in [1.29, 1.82) is 0 Å². The molecule has 0 radical (unpaired) electrons. The maximum atomic E-state index is 13.0. The Balaban J connectivity index is 1.27. The predicted octanol–water partition coefficient (Wildman–Crippen LogP) is 5.34. The van der Waals surface area contributed by atoms with Crippen molar-refractivity contribution in [2.24, 2.45) is 23.2 Å². The largest absolute Gasteiger partial charge is 0.349 e. The third-order valence-electron chi connectivity index (χ3n) is 7.48. The molecule has 5 heteroatoms. The second-order valence-electron chi connectivity index (χ2n) is 9.49. The number of rotatable bonds is 5. The van der Waals surface area contributed by atoms with E-state index in [1.807, 2.05) is 29.6 Å². The van der Waals surface area contributed by atoms with E-state index in [-0.39, 0.29) is 23.3 Å². The summed E-state index contributed by atoms with van der Waals surface area (Å²) in [5.41, 5.74) is 1.54. The van der Waals surface area contributed by atoms with Crippen molar-refractivity contribution in [3.63, 3.8) is 0 Å². The minimum Gasteiger partial charge on any atom is -0.349 e. The van der Waals surface area contributed by atoms with Crippen LogP contribution in [0.2, 0.25) is 0 Å². The van der Waals surface area contributed by atoms with Gasteiger partial charge >= 0.3 is 0 Å². The maximum Gasteiger partial charge on any atom is 0.265 e. The first-order valence-corrected chi connectivity index (χ1v) is 11.6. The number of benzene rings is 1. The Labute approximate surface area is 176 Å². The van der Waals surface area contributed by atoms with Crippen LogP contribution in [-0.2, 0) is 0 Å². The van der Waals surface area contributed by atoms with Gasteiger partial charge in [-0.25, -0.2) is 0 Å². The van der Waals surface area contributed by atoms with Crippen LogP contribution in [0.15, 0.2) is 41.8 Å². The third-order valence-corrected chi connectivity index (χ3v) is 8.35. The molecule has 4 fully saturated rings. The molecule has 0 aliphatic heterocycles. The first-order valence-electron chi connectivity index (χ1n) is 10.8. The van der Waals surface area contributed by atoms with E-state index < -0.39 is 0 Å². The molecule has 152 valence electrons. The molecule has 29 heavy (non-hydrogen) atoms. The zero-order valence-corrected chi connectivity index (χ0v) is 17.6. The van der Waals surface area contributed by atoms with Crippen molar-refractivity contribution in [3.8, 4) is 0 Å². The van der Waals surface area contributed by atoms with Gasteiger partial charge in [0.15, 0.2) is 0 Å². The van der Waals surface area contributed by atoms with E-state index in [1.165, 1.54) is 49.9 Å². The SMILES string of the molecule is CC(NC(=O)c1cccc(NC(=O)c2cccs2)c1)C12CC3CC(CC(C3)C1)C2. The van der Waals surface area contributed by atoms with E-state index in [0.29, 0.717) is 16.1 Å². The average Bonchev–Trinajstić information content (AvgIpc) is 3.22. The van der Waals surface area contributed by atoms with Gasteiger partial charge in [0, 0.05) is 17.3 Å². The number of amides is 2. The van der Waals surface area contributed by atoms with Gasteiger partial charge in [-0.1, -0.05) is 12.1 Å². The third kappa shape index (κ3) is 3.61. The van der Waals surface area contributed by atoms with E-state index in [9.17, 15) is 9.59 Å². The maximum absolute atomic E-state index is 13.0. The monoisotopic (exact) mass is 408 g/mol. The Morgan fingerprint density at radius 2 is 1.69 bits per heavy atom. The van der Waals surface area contributed by atoms with Gasteiger partial charge in [-0.15, -0.1) is 11.3 Å². The standard InChI is InChI=1S/C24H28N2O2S/c1-15(24-12-16-8-17(13-24)10-18(9-16)14-24)25-22(27)19-4-2-5-20(11-19)26-23(28)21-6-3-7-29-21/h2-7,11,15-18H,8-10,12-14H2,1H3,(H,25,27)(H,26,28). The number of anilines is 1. The lowest BCUT2D eigenvalue weighted by Crippen LogP contribution is -2.55. The van der Waals surface area contributed by atoms with Crippen molar-refractivity contribution < 1.29 is 9.59 Å². The van der Waals surface area contributed by atoms with E-state index in [2.05, 4.69) is 17.6 Å². The smallest absolute Gasteiger partial charge is 0.265 e. The van der Waals surface area contributed by atoms with Crippen LogP contribution in [0.3, 0.4) is 0 Å². The summed E-state index contributed by atoms with van der Waals surface area (Å²) in [7, 11) is 0. The summed E-state index contributed by atoms with van der Waals surface area (Å²) in [6.45, 7) is 2.20. The predicted molar refractivity (Wildman–Crippen MR) is 116 cm³/mol. The Hall–Kier alpha value is -2.14. The molecule has 0 saturated heterocycles. The molecule has 2 amide bonds. The highest BCUT2D eigenvalue weighted by molar-refractivity contribution is 7.12. The zero-order valence-electron chi connectivity index (χ0n) is 16.8. The molecular formula is C24H28N2O2S. The van der Waals surface area contributed by atoms with Crippen molar-refractivity contribution >= 4 is 28.8 Å². The summed E-state index contributed by atoms with van der Waals surface area (Å²) < 4.78 is 0. The highest BCUT2D eigenvalue weighted by atomic mass is 32.1. The van der Waals surface area contributed by atoms with Gasteiger partial charge in [0.05, 0.1) is 4.88 Å². The van der Waals surface area contributed by atoms with E-state index >= 15 is 0 Å². The second-order valence-corrected chi connectivity index (χ2v) is 10.4. The van der Waals surface area contributed by atoms with Crippen molar-refractivity contribution in [3.05, 3.63) is 52.2 Å². The highest BCUT2D eigenvalue weighted by Crippen LogP contribution is 2.61. The summed E-state index contributed by atoms with van der Waals surface area (Å²) in [6, 6.07) is 11.1. The van der Waals surface area contributed by atoms with Gasteiger partial charge in [-0.3, -0.25) is 9.59 Å². The Kier molecular flexibility index (Phi) is 4.73. The van der Waals surface area contributed by atoms with E-state index in [1.54, 1.807) is 12.1 Å². The van der Waals surface area contributed by atoms with Gasteiger partial charge in [0.1, 0.15) is 0 Å². The van der Waals surface area contributed by atoms with Gasteiger partial charge in [-0.05, 0) is 98.3 Å². The molecule has 6 rings (SSSR count). The number of hydrogen-bond acceptors (Lipinski definition) is 3. The molecular weight excluding hydrogens is 380 g/mol. The molecule has 0 spiro atoms. The fourth-order valence-electron chi connectivity index (χ4n) is 6.48. The van der Waals surface area contributed by atoms with Gasteiger partial charge in [-0.2, -0.15) is 0 Å². The summed E-state index contributed by atoms with van der Waals surface area (Å²) >= 11 is 1.40. The normalized spacial score (nSPS) is 30.7. The number of carbonyl (C=O) groups excluding carboxylic acids is 2. The summed E-state index contributed by atoms with van der Waals surface area (Å²) in [5, 5.41) is 8.08. The van der Waals surface area contributed by atoms with Gasteiger partial charge in [0.2, 0.25) is 0 Å². The van der Waals surface area contributed by atoms with Crippen molar-refractivity contribution in [2.45, 2.75) is 51.5 Å². The molecule has 1 unspecified atom stereocenters. The lowest BCUT2D eigenvalue weighted by atomic mass is 9.48. The van der Waals surface area contributed by atoms with Crippen LogP contribution in [0.1, 0.15) is 65.5 Å². The summed E-state index contributed by atoms with van der Waals surface area (Å²) in [6.07, 6.45) is 8.05. The van der Waals surface area contributed by atoms with Crippen LogP contribution < -0.4 is 10.6 Å². The number of carbonyl (C=O) groups is 2. The van der Waals surface area contributed by atoms with Crippen molar-refractivity contribution in [1.82, 2.24) is 5.32 Å². The fraction of sp³-hybridized carbons (Fsp3) is 0.500. The summed E-state index contributed by atoms with van der Waals surface area (Å²) in [5.74, 6) is 2.43. The van der Waals surface area contributed by atoms with Crippen LogP contribution in [0.5, 0.6) is 0 Å². The number of nitrogens with one attached hydrogen (secondary N) is 2. The molecule has 4 aliphatic carbocycles. The molecule has 1 aromatic heterocycles. The lowest BCUT2D eigenvalue weighted by molar-refractivity contribution is -0.0688. The van der Waals surface area contributed by atoms with Crippen LogP contribution in [0, 0.1) is 23.2 Å². The molecule has 2 aromatic rings. The molecule has 4 bridgehead atoms. The van der Waals surface area contributed by atoms with E-state index in [0.717, 1.165) is 17.8 Å². The van der Waals surface area contributed by atoms with Crippen LogP contribution in [0.25, 0.3) is 0 Å². The first-order chi connectivity index (χ1) is 14.0. The fourth-order valence-corrected chi connectivity index (χ4v) is 7.10. The minimum atomic E-state index is -0.139. The molecule has 1 atom stereocenters. The van der Waals surface area contributed by atoms with Crippen LogP contribution >= 0.6 is 11.3 Å². The average molecular weight is 409 g/mol.